The van der Waals surface area contributed by atoms with Gasteiger partial charge in [0, 0.05) is 29.6 Å². The molecule has 2 unspecified atom stereocenters. The van der Waals surface area contributed by atoms with Crippen LogP contribution < -0.4 is 14.9 Å². The molecule has 0 spiro atoms. The van der Waals surface area contributed by atoms with Crippen molar-refractivity contribution in [3.05, 3.63) is 106 Å². The van der Waals surface area contributed by atoms with Crippen LogP contribution in [0.2, 0.25) is 0 Å². The van der Waals surface area contributed by atoms with Crippen LogP contribution in [0.5, 0.6) is 0 Å². The summed E-state index contributed by atoms with van der Waals surface area (Å²) in [5, 5.41) is 15.1. The van der Waals surface area contributed by atoms with Crippen LogP contribution in [-0.4, -0.2) is 29.7 Å². The van der Waals surface area contributed by atoms with Crippen LogP contribution in [0.3, 0.4) is 0 Å². The molecule has 12 heteroatoms. The second-order valence-electron chi connectivity index (χ2n) is 8.88. The van der Waals surface area contributed by atoms with Gasteiger partial charge in [-0.05, 0) is 67.2 Å². The van der Waals surface area contributed by atoms with Gasteiger partial charge in [-0.15, -0.1) is 0 Å². The summed E-state index contributed by atoms with van der Waals surface area (Å²) < 4.78 is 32.3. The number of anilines is 2. The van der Waals surface area contributed by atoms with Crippen molar-refractivity contribution in [1.29, 1.82) is 0 Å². The van der Waals surface area contributed by atoms with Gasteiger partial charge in [0.15, 0.2) is 5.11 Å². The van der Waals surface area contributed by atoms with E-state index in [-0.39, 0.29) is 11.7 Å². The van der Waals surface area contributed by atoms with Gasteiger partial charge >= 0.3 is 0 Å². The highest BCUT2D eigenvalue weighted by atomic mass is 32.2. The molecule has 0 saturated carbocycles. The minimum atomic E-state index is -3.44. The normalized spacial score (nSPS) is 17.3. The Morgan fingerprint density at radius 3 is 2.61 bits per heavy atom. The molecule has 4 aromatic rings. The van der Waals surface area contributed by atoms with E-state index in [4.69, 9.17) is 16.6 Å². The minimum Gasteiger partial charge on any atom is -0.459 e. The molecule has 0 radical (unpaired) electrons. The SMILES string of the molecule is Cc1cc(N2C(=S)NC(c3ccccn3)C2c2ccc(-c3cccc([N+](=O)[O-])c3)o2)ccc1NS(C)(=O)=O. The van der Waals surface area contributed by atoms with Gasteiger partial charge in [0.1, 0.15) is 17.6 Å². The molecule has 194 valence electrons. The summed E-state index contributed by atoms with van der Waals surface area (Å²) >= 11 is 5.75. The zero-order valence-electron chi connectivity index (χ0n) is 20.4. The van der Waals surface area contributed by atoms with E-state index in [0.29, 0.717) is 33.4 Å². The van der Waals surface area contributed by atoms with E-state index >= 15 is 0 Å². The van der Waals surface area contributed by atoms with E-state index in [0.717, 1.165) is 17.6 Å². The van der Waals surface area contributed by atoms with Gasteiger partial charge in [-0.25, -0.2) is 8.42 Å². The quantitative estimate of drug-likeness (QED) is 0.183. The first kappa shape index (κ1) is 25.4. The minimum absolute atomic E-state index is 0.0320. The Kier molecular flexibility index (Phi) is 6.59. The number of aryl methyl sites for hydroxylation is 1. The van der Waals surface area contributed by atoms with Crippen molar-refractivity contribution in [3.63, 3.8) is 0 Å². The third-order valence-electron chi connectivity index (χ3n) is 6.14. The van der Waals surface area contributed by atoms with Crippen LogP contribution in [0, 0.1) is 17.0 Å². The molecule has 1 saturated heterocycles. The molecule has 0 amide bonds. The highest BCUT2D eigenvalue weighted by Crippen LogP contribution is 2.43. The highest BCUT2D eigenvalue weighted by molar-refractivity contribution is 7.92. The van der Waals surface area contributed by atoms with Gasteiger partial charge in [-0.1, -0.05) is 18.2 Å². The van der Waals surface area contributed by atoms with Crippen molar-refractivity contribution < 1.29 is 17.8 Å². The molecule has 0 aliphatic carbocycles. The van der Waals surface area contributed by atoms with Crippen LogP contribution in [0.15, 0.2) is 83.4 Å². The van der Waals surface area contributed by atoms with E-state index < -0.39 is 21.0 Å². The average molecular weight is 550 g/mol. The number of non-ortho nitro benzene ring substituents is 1. The molecule has 38 heavy (non-hydrogen) atoms. The number of nitrogens with zero attached hydrogens (tertiary/aromatic N) is 3. The topological polar surface area (TPSA) is 131 Å². The lowest BCUT2D eigenvalue weighted by atomic mass is 10.0. The van der Waals surface area contributed by atoms with Crippen molar-refractivity contribution in [3.8, 4) is 11.3 Å². The van der Waals surface area contributed by atoms with E-state index in [1.54, 1.807) is 36.5 Å². The van der Waals surface area contributed by atoms with Crippen molar-refractivity contribution in [1.82, 2.24) is 10.3 Å². The third-order valence-corrected chi connectivity index (χ3v) is 7.05. The number of pyridine rings is 1. The molecule has 1 fully saturated rings. The highest BCUT2D eigenvalue weighted by Gasteiger charge is 2.42. The fraction of sp³-hybridized carbons (Fsp3) is 0.154. The van der Waals surface area contributed by atoms with Crippen molar-refractivity contribution in [2.45, 2.75) is 19.0 Å². The van der Waals surface area contributed by atoms with Gasteiger partial charge in [0.05, 0.1) is 28.6 Å². The number of nitrogens with one attached hydrogen (secondary N) is 2. The Balaban J connectivity index is 1.58. The summed E-state index contributed by atoms with van der Waals surface area (Å²) in [5.74, 6) is 1.05. The third kappa shape index (κ3) is 5.08. The summed E-state index contributed by atoms with van der Waals surface area (Å²) in [6.07, 6.45) is 2.80. The Labute approximate surface area is 224 Å². The van der Waals surface area contributed by atoms with E-state index in [1.165, 1.54) is 12.1 Å². The van der Waals surface area contributed by atoms with Crippen LogP contribution in [0.1, 0.15) is 29.1 Å². The Morgan fingerprint density at radius 2 is 1.92 bits per heavy atom. The summed E-state index contributed by atoms with van der Waals surface area (Å²) in [6.45, 7) is 1.81. The van der Waals surface area contributed by atoms with Crippen molar-refractivity contribution in [2.75, 3.05) is 15.9 Å². The first-order chi connectivity index (χ1) is 18.1. The van der Waals surface area contributed by atoms with Crippen LogP contribution >= 0.6 is 12.2 Å². The molecule has 1 aliphatic rings. The first-order valence-electron chi connectivity index (χ1n) is 11.5. The number of hydrogen-bond acceptors (Lipinski definition) is 7. The lowest BCUT2D eigenvalue weighted by molar-refractivity contribution is -0.384. The van der Waals surface area contributed by atoms with Gasteiger partial charge in [0.2, 0.25) is 10.0 Å². The number of furan rings is 1. The lowest BCUT2D eigenvalue weighted by Gasteiger charge is -2.26. The monoisotopic (exact) mass is 549 g/mol. The molecule has 3 heterocycles. The number of sulfonamides is 1. The standard InChI is InChI=1S/C26H23N5O5S2/c1-16-14-18(9-10-20(16)29-38(2,34)35)30-25(24(28-26(30)37)21-8-3-4-13-27-21)23-12-11-22(36-23)17-6-5-7-19(15-17)31(32)33/h3-15,24-25,29H,1-2H3,(H,28,37). The van der Waals surface area contributed by atoms with Crippen LogP contribution in [-0.2, 0) is 10.0 Å². The van der Waals surface area contributed by atoms with E-state index in [2.05, 4.69) is 15.0 Å². The maximum Gasteiger partial charge on any atom is 0.270 e. The zero-order chi connectivity index (χ0) is 27.0. The predicted octanol–water partition coefficient (Wildman–Crippen LogP) is 5.11. The summed E-state index contributed by atoms with van der Waals surface area (Å²) in [4.78, 5) is 17.2. The first-order valence-corrected chi connectivity index (χ1v) is 13.8. The molecule has 5 rings (SSSR count). The number of nitro groups is 1. The number of rotatable bonds is 7. The maximum atomic E-state index is 11.8. The Morgan fingerprint density at radius 1 is 1.11 bits per heavy atom. The second kappa shape index (κ2) is 9.88. The molecule has 1 aliphatic heterocycles. The van der Waals surface area contributed by atoms with Gasteiger partial charge < -0.3 is 14.6 Å². The number of aromatic nitrogens is 1. The van der Waals surface area contributed by atoms with Crippen LogP contribution in [0.4, 0.5) is 17.1 Å². The largest absolute Gasteiger partial charge is 0.459 e. The fourth-order valence-electron chi connectivity index (χ4n) is 4.47. The lowest BCUT2D eigenvalue weighted by Crippen LogP contribution is -2.29. The Hall–Kier alpha value is -4.29. The van der Waals surface area contributed by atoms with Crippen molar-refractivity contribution >= 4 is 44.4 Å². The fourth-order valence-corrected chi connectivity index (χ4v) is 5.45. The van der Waals surface area contributed by atoms with Gasteiger partial charge in [-0.2, -0.15) is 0 Å². The van der Waals surface area contributed by atoms with Crippen molar-refractivity contribution in [2.24, 2.45) is 0 Å². The molecule has 2 N–H and O–H groups in total. The number of hydrogen-bond donors (Lipinski definition) is 2. The number of nitro benzene ring substituents is 1. The average Bonchev–Trinajstić information content (AvgIpc) is 3.50. The molecular formula is C26H23N5O5S2. The second-order valence-corrected chi connectivity index (χ2v) is 11.0. The van der Waals surface area contributed by atoms with Gasteiger partial charge in [0.25, 0.3) is 5.69 Å². The maximum absolute atomic E-state index is 11.8. The van der Waals surface area contributed by atoms with E-state index in [9.17, 15) is 18.5 Å². The van der Waals surface area contributed by atoms with Crippen LogP contribution in [0.25, 0.3) is 11.3 Å². The Bertz CT molecular complexity index is 1640. The molecule has 2 aromatic carbocycles. The zero-order valence-corrected chi connectivity index (χ0v) is 22.0. The molecule has 2 atom stereocenters. The van der Waals surface area contributed by atoms with Gasteiger partial charge in [-0.3, -0.25) is 19.8 Å². The number of benzene rings is 2. The summed E-state index contributed by atoms with van der Waals surface area (Å²) in [7, 11) is -3.44. The summed E-state index contributed by atoms with van der Waals surface area (Å²) in [6, 6.07) is 20.0. The molecular weight excluding hydrogens is 526 g/mol. The molecule has 2 aromatic heterocycles. The van der Waals surface area contributed by atoms with E-state index in [1.807, 2.05) is 42.2 Å². The molecule has 10 nitrogen and oxygen atoms in total. The predicted molar refractivity (Wildman–Crippen MR) is 148 cm³/mol. The molecule has 0 bridgehead atoms. The summed E-state index contributed by atoms with van der Waals surface area (Å²) in [5.41, 5.74) is 3.21. The smallest absolute Gasteiger partial charge is 0.270 e. The number of thiocarbonyl (C=S) groups is 1.